The summed E-state index contributed by atoms with van der Waals surface area (Å²) >= 11 is 0. The van der Waals surface area contributed by atoms with Gasteiger partial charge in [0.2, 0.25) is 23.6 Å². The Labute approximate surface area is 507 Å². The van der Waals surface area contributed by atoms with E-state index in [0.29, 0.717) is 18.8 Å². The van der Waals surface area contributed by atoms with Crippen molar-refractivity contribution >= 4 is 29.5 Å². The van der Waals surface area contributed by atoms with E-state index in [-0.39, 0.29) is 5.56 Å². The molecule has 0 bridgehead atoms. The molecule has 32 nitrogen and oxygen atoms in total. The van der Waals surface area contributed by atoms with Crippen LogP contribution in [0.5, 0.6) is 5.75 Å². The van der Waals surface area contributed by atoms with Crippen molar-refractivity contribution in [3.05, 3.63) is 42.0 Å². The molecule has 0 radical (unpaired) electrons. The van der Waals surface area contributed by atoms with Crippen molar-refractivity contribution in [2.75, 3.05) is 39.6 Å². The largest absolute Gasteiger partial charge is 0.494 e. The Bertz CT molecular complexity index is 2400. The zero-order chi connectivity index (χ0) is 64.5. The van der Waals surface area contributed by atoms with Crippen molar-refractivity contribution in [2.24, 2.45) is 0 Å². The van der Waals surface area contributed by atoms with Gasteiger partial charge < -0.3 is 135 Å². The first-order chi connectivity index (χ1) is 42.0. The van der Waals surface area contributed by atoms with Crippen LogP contribution in [0.4, 0.5) is 0 Å². The van der Waals surface area contributed by atoms with Crippen LogP contribution in [0.2, 0.25) is 0 Å². The van der Waals surface area contributed by atoms with Crippen LogP contribution in [0.3, 0.4) is 0 Å². The molecule has 5 aliphatic heterocycles. The molecule has 1 aromatic rings. The van der Waals surface area contributed by atoms with Crippen LogP contribution < -0.4 is 31.3 Å². The van der Waals surface area contributed by atoms with Gasteiger partial charge in [-0.15, -0.1) is 0 Å². The minimum atomic E-state index is -2.03. The Balaban J connectivity index is 1.18. The lowest BCUT2D eigenvalue weighted by atomic mass is 9.93. The van der Waals surface area contributed by atoms with Crippen LogP contribution in [0, 0.1) is 0 Å². The molecule has 500 valence electrons. The Kier molecular flexibility index (Phi) is 28.5. The van der Waals surface area contributed by atoms with E-state index in [9.17, 15) is 85.3 Å². The van der Waals surface area contributed by atoms with E-state index in [1.54, 1.807) is 12.1 Å². The van der Waals surface area contributed by atoms with Gasteiger partial charge in [0, 0.05) is 33.3 Å². The fraction of sp³-hybridized carbons (Fsp3) is 0.768. The molecule has 0 spiro atoms. The lowest BCUT2D eigenvalue weighted by molar-refractivity contribution is -0.367. The third kappa shape index (κ3) is 18.7. The molecule has 5 heterocycles. The molecule has 0 aromatic heterocycles. The molecule has 17 N–H and O–H groups in total. The number of benzene rings is 1. The zero-order valence-corrected chi connectivity index (χ0v) is 49.6. The highest BCUT2D eigenvalue weighted by atomic mass is 16.8. The van der Waals surface area contributed by atoms with Crippen LogP contribution in [0.1, 0.15) is 89.9 Å². The Morgan fingerprint density at radius 3 is 1.24 bits per heavy atom. The van der Waals surface area contributed by atoms with Crippen molar-refractivity contribution < 1.29 is 133 Å². The maximum atomic E-state index is 13.9. The molecular formula is C56H89N5O27. The van der Waals surface area contributed by atoms with Crippen molar-refractivity contribution in [1.29, 1.82) is 0 Å². The molecule has 5 amide bonds. The van der Waals surface area contributed by atoms with E-state index in [2.05, 4.69) is 45.7 Å². The van der Waals surface area contributed by atoms with E-state index in [4.69, 9.17) is 47.4 Å². The van der Waals surface area contributed by atoms with Gasteiger partial charge in [-0.25, -0.2) is 0 Å². The minimum Gasteiger partial charge on any atom is -0.494 e. The maximum Gasteiger partial charge on any atom is 0.251 e. The number of hydrogen-bond acceptors (Lipinski definition) is 27. The van der Waals surface area contributed by atoms with E-state index >= 15 is 0 Å². The smallest absolute Gasteiger partial charge is 0.251 e. The van der Waals surface area contributed by atoms with Crippen LogP contribution >= 0.6 is 0 Å². The average molecular weight is 1260 g/mol. The second kappa shape index (κ2) is 34.6. The summed E-state index contributed by atoms with van der Waals surface area (Å²) in [6.07, 6.45) is -24.4. The number of aliphatic hydroxyl groups excluding tert-OH is 12. The summed E-state index contributed by atoms with van der Waals surface area (Å²) in [7, 11) is 0. The number of carbonyl (C=O) groups excluding carboxylic acids is 5. The third-order valence-corrected chi connectivity index (χ3v) is 15.5. The molecule has 25 atom stereocenters. The third-order valence-electron chi connectivity index (χ3n) is 15.5. The van der Waals surface area contributed by atoms with E-state index < -0.39 is 216 Å². The number of allylic oxidation sites excluding steroid dienone is 2. The van der Waals surface area contributed by atoms with Crippen LogP contribution in [-0.4, -0.2) is 284 Å². The quantitative estimate of drug-likeness (QED) is 0.0262. The lowest BCUT2D eigenvalue weighted by Crippen LogP contribution is -2.72. The highest BCUT2D eigenvalue weighted by Gasteiger charge is 2.58. The molecule has 32 heteroatoms. The first-order valence-electron chi connectivity index (χ1n) is 29.5. The van der Waals surface area contributed by atoms with Gasteiger partial charge in [0.25, 0.3) is 5.91 Å². The average Bonchev–Trinajstić information content (AvgIpc) is 0.967. The highest BCUT2D eigenvalue weighted by molar-refractivity contribution is 5.94. The second-order valence-electron chi connectivity index (χ2n) is 22.2. The van der Waals surface area contributed by atoms with Gasteiger partial charge in [-0.2, -0.15) is 0 Å². The minimum absolute atomic E-state index is 0.0576. The maximum absolute atomic E-state index is 13.9. The van der Waals surface area contributed by atoms with E-state index in [1.807, 2.05) is 0 Å². The Morgan fingerprint density at radius 2 is 0.830 bits per heavy atom. The van der Waals surface area contributed by atoms with Gasteiger partial charge in [-0.3, -0.25) is 24.0 Å². The zero-order valence-electron chi connectivity index (χ0n) is 49.6. The number of nitrogens with one attached hydrogen (secondary N) is 5. The van der Waals surface area contributed by atoms with Crippen LogP contribution in [-0.2, 0) is 61.8 Å². The van der Waals surface area contributed by atoms with Gasteiger partial charge in [0.1, 0.15) is 128 Å². The lowest BCUT2D eigenvalue weighted by Gasteiger charge is -2.51. The molecule has 5 fully saturated rings. The first-order valence-corrected chi connectivity index (χ1v) is 29.5. The van der Waals surface area contributed by atoms with Crippen molar-refractivity contribution in [2.45, 2.75) is 233 Å². The summed E-state index contributed by atoms with van der Waals surface area (Å²) < 4.78 is 59.8. The van der Waals surface area contributed by atoms with E-state index in [1.165, 1.54) is 25.0 Å². The predicted molar refractivity (Wildman–Crippen MR) is 297 cm³/mol. The fourth-order valence-electron chi connectivity index (χ4n) is 11.1. The summed E-state index contributed by atoms with van der Waals surface area (Å²) in [4.78, 5) is 64.1. The first kappa shape index (κ1) is 72.3. The van der Waals surface area contributed by atoms with E-state index in [0.717, 1.165) is 53.4 Å². The number of unbranched alkanes of at least 4 members (excludes halogenated alkanes) is 5. The van der Waals surface area contributed by atoms with Gasteiger partial charge in [-0.05, 0) is 43.9 Å². The monoisotopic (exact) mass is 1260 g/mol. The number of carbonyl (C=O) groups is 5. The molecule has 0 aliphatic carbocycles. The van der Waals surface area contributed by atoms with Crippen molar-refractivity contribution in [3.63, 3.8) is 0 Å². The normalized spacial score (nSPS) is 37.8. The summed E-state index contributed by atoms with van der Waals surface area (Å²) in [5.74, 6) is -3.54. The Morgan fingerprint density at radius 1 is 0.455 bits per heavy atom. The van der Waals surface area contributed by atoms with Crippen molar-refractivity contribution in [3.8, 4) is 5.75 Å². The number of aliphatic hydroxyl groups is 12. The molecule has 88 heavy (non-hydrogen) atoms. The predicted octanol–water partition coefficient (Wildman–Crippen LogP) is -6.23. The summed E-state index contributed by atoms with van der Waals surface area (Å²) in [6.45, 7) is 2.01. The van der Waals surface area contributed by atoms with Gasteiger partial charge in [0.05, 0.1) is 39.6 Å². The summed E-state index contributed by atoms with van der Waals surface area (Å²) in [6, 6.07) is -2.18. The van der Waals surface area contributed by atoms with Gasteiger partial charge in [-0.1, -0.05) is 44.4 Å². The number of amides is 5. The Hall–Kier alpha value is -4.73. The summed E-state index contributed by atoms with van der Waals surface area (Å²) in [5.41, 5.74) is 0.0576. The number of hydrogen-bond donors (Lipinski definition) is 17. The molecule has 6 rings (SSSR count). The van der Waals surface area contributed by atoms with Gasteiger partial charge >= 0.3 is 0 Å². The molecule has 1 unspecified atom stereocenters. The fourth-order valence-corrected chi connectivity index (χ4v) is 11.1. The summed E-state index contributed by atoms with van der Waals surface area (Å²) in [5, 5.41) is 145. The molecule has 5 saturated heterocycles. The molecule has 0 saturated carbocycles. The topological polar surface area (TPSA) is 481 Å². The SMILES string of the molecule is CCCCCC/C=C\CCCOc1cccc(C(=O)N[C@H]2[C@H](O[C@H]3[C@H](O)[C@@H](NC(C)=O)[C@H](O[C@H]4[C@H](O)[C@@H](NC(C)=O)[C@H](O[C@H]5[C@H](O)[C@@H](NC(C)=O)[C@H](O[C@H]6[C@H](O)[C@@H](NC(C)=O)C(O)O[C@@H]6CO)O[C@@H]5CO)O[C@@H]4CO)O[C@@H]3CO)O[C@H](CO)[C@@H](O)[C@@H]2O)c1. The molecular weight excluding hydrogens is 1170 g/mol. The highest BCUT2D eigenvalue weighted by Crippen LogP contribution is 2.36. The van der Waals surface area contributed by atoms with Crippen LogP contribution in [0.25, 0.3) is 0 Å². The molecule has 1 aromatic carbocycles. The second-order valence-corrected chi connectivity index (χ2v) is 22.2. The van der Waals surface area contributed by atoms with Gasteiger partial charge in [0.15, 0.2) is 31.5 Å². The number of rotatable bonds is 29. The van der Waals surface area contributed by atoms with Crippen LogP contribution in [0.15, 0.2) is 36.4 Å². The van der Waals surface area contributed by atoms with Crippen molar-refractivity contribution in [1.82, 2.24) is 26.6 Å². The standard InChI is InChI=1S/C56H89N5O27/c1-6-7-8-9-10-11-12-13-14-18-79-30-17-15-16-29(19-30)51(77)61-37-42(72)41(71)31(20-62)81-53(37)86-48-33(22-64)83-55(39(44(48)74)59-27(4)69)88-50-35(24-66)84-56(40(46(50)76)60-28(5)70)87-49-34(23-65)82-54(38(45(49)75)58-26(3)68)85-47-32(21-63)80-52(78)36(43(47)73)57-25(2)67/h11-12,15-17,19,31-50,52-56,62-66,71-76,78H,6-10,13-14,18,20-24H2,1-5H3,(H,57,67)(H,58,68)(H,59,69)(H,60,70)(H,61,77)/b12-11-/t31-,32-,33-,34-,35-,36-,37-,38-,39-,40-,41-,42-,43-,44-,45-,46-,47-,48-,49-,50-,52?,53+,54+,55+,56+/m1/s1. The number of ether oxygens (including phenoxy) is 10. The molecule has 5 aliphatic rings.